The molecular formula is C12H22ClMgP. The monoisotopic (exact) mass is 256 g/mol. The third kappa shape index (κ3) is 9.62. The van der Waals surface area contributed by atoms with Crippen LogP contribution in [-0.2, 0) is 4.55 Å². The van der Waals surface area contributed by atoms with Gasteiger partial charge in [-0.3, -0.25) is 0 Å². The minimum Gasteiger partial charge on any atom is -0.153 e. The minimum absolute atomic E-state index is 0. The van der Waals surface area contributed by atoms with Gasteiger partial charge in [-0.05, 0) is 5.92 Å². The number of rotatable bonds is 5. The van der Waals surface area contributed by atoms with Crippen LogP contribution in [-0.4, -0.2) is 20.4 Å². The van der Waals surface area contributed by atoms with Crippen molar-refractivity contribution in [2.45, 2.75) is 29.4 Å². The van der Waals surface area contributed by atoms with Crippen molar-refractivity contribution in [3.63, 3.8) is 0 Å². The third-order valence-electron chi connectivity index (χ3n) is 2.34. The van der Waals surface area contributed by atoms with Gasteiger partial charge in [0, 0.05) is 0 Å². The molecule has 1 unspecified atom stereocenters. The minimum atomic E-state index is 0. The van der Waals surface area contributed by atoms with Gasteiger partial charge < -0.3 is 0 Å². The predicted octanol–water partition coefficient (Wildman–Crippen LogP) is 3.84. The summed E-state index contributed by atoms with van der Waals surface area (Å²) in [7, 11) is 0. The largest absolute Gasteiger partial charge is 0.370 e. The van der Waals surface area contributed by atoms with Gasteiger partial charge in [0.05, 0.1) is 0 Å². The summed E-state index contributed by atoms with van der Waals surface area (Å²) in [5.41, 5.74) is 1.54. The normalized spacial score (nSPS) is 8.73. The maximum Gasteiger partial charge on any atom is 0.370 e. The first kappa shape index (κ1) is 18.1. The molecule has 0 saturated heterocycles. The molecule has 0 aliphatic carbocycles. The summed E-state index contributed by atoms with van der Waals surface area (Å²) in [6.07, 6.45) is 1.43. The Hall–Kier alpha value is 0.706. The second-order valence-corrected chi connectivity index (χ2v) is 6.04. The molecule has 84 valence electrons. The zero-order chi connectivity index (χ0) is 9.52. The summed E-state index contributed by atoms with van der Waals surface area (Å²) >= 11 is 0.170. The van der Waals surface area contributed by atoms with Gasteiger partial charge in [-0.2, -0.15) is 9.90 Å². The number of hydrogen-bond donors (Lipinski definition) is 0. The van der Waals surface area contributed by atoms with Gasteiger partial charge in [-0.25, -0.2) is 0 Å². The molecule has 1 aromatic carbocycles. The van der Waals surface area contributed by atoms with E-state index in [2.05, 4.69) is 44.2 Å². The summed E-state index contributed by atoms with van der Waals surface area (Å²) in [4.78, 5) is 0. The molecule has 0 bridgehead atoms. The van der Waals surface area contributed by atoms with E-state index in [1.807, 2.05) is 0 Å². The van der Waals surface area contributed by atoms with Crippen LogP contribution in [0.15, 0.2) is 30.3 Å². The van der Waals surface area contributed by atoms with Crippen LogP contribution >= 0.6 is 22.3 Å². The zero-order valence-corrected chi connectivity index (χ0v) is 13.6. The van der Waals surface area contributed by atoms with E-state index in [9.17, 15) is 0 Å². The quantitative estimate of drug-likeness (QED) is 0.427. The highest BCUT2D eigenvalue weighted by atomic mass is 35.5. The van der Waals surface area contributed by atoms with Gasteiger partial charge in [-0.1, -0.05) is 56.2 Å². The fraction of sp³-hybridized carbons (Fsp3) is 0.500. The van der Waals surface area contributed by atoms with E-state index in [1.54, 1.807) is 0 Å². The molecule has 0 spiro atoms. The van der Waals surface area contributed by atoms with E-state index < -0.39 is 0 Å². The van der Waals surface area contributed by atoms with Crippen LogP contribution < -0.4 is 0 Å². The van der Waals surface area contributed by atoms with Crippen LogP contribution in [0, 0.1) is 5.92 Å². The molecule has 0 fully saturated rings. The molecule has 0 amide bonds. The first-order valence-corrected chi connectivity index (χ1v) is 7.33. The van der Waals surface area contributed by atoms with Gasteiger partial charge in [-0.15, -0.1) is 21.5 Å². The average molecular weight is 257 g/mol. The smallest absolute Gasteiger partial charge is 0.153 e. The van der Waals surface area contributed by atoms with Crippen molar-refractivity contribution in [3.05, 3.63) is 35.9 Å². The summed E-state index contributed by atoms with van der Waals surface area (Å²) < 4.78 is 2.89. The predicted molar refractivity (Wildman–Crippen MR) is 78.5 cm³/mol. The van der Waals surface area contributed by atoms with E-state index in [0.29, 0.717) is 0 Å². The van der Waals surface area contributed by atoms with Crippen molar-refractivity contribution in [1.82, 2.24) is 0 Å². The van der Waals surface area contributed by atoms with Crippen molar-refractivity contribution in [3.8, 4) is 0 Å². The number of halogens is 1. The van der Waals surface area contributed by atoms with Crippen LogP contribution in [0.3, 0.4) is 0 Å². The Kier molecular flexibility index (Phi) is 13.5. The Balaban J connectivity index is 0. The lowest BCUT2D eigenvalue weighted by Crippen LogP contribution is -1.98. The highest BCUT2D eigenvalue weighted by Gasteiger charge is 1.99. The van der Waals surface area contributed by atoms with Gasteiger partial charge in [0.25, 0.3) is 0 Å². The SMILES string of the molecule is CC(C)C[CH2][Mg][CH2]c1ccccc1.Cl.P. The van der Waals surface area contributed by atoms with Crippen molar-refractivity contribution in [2.75, 3.05) is 0 Å². The molecule has 0 aliphatic heterocycles. The summed E-state index contributed by atoms with van der Waals surface area (Å²) in [5.74, 6) is 0.892. The molecule has 0 nitrogen and oxygen atoms in total. The Morgan fingerprint density at radius 3 is 2.27 bits per heavy atom. The highest BCUT2D eigenvalue weighted by Crippen LogP contribution is 2.05. The van der Waals surface area contributed by atoms with Crippen LogP contribution in [0.4, 0.5) is 0 Å². The topological polar surface area (TPSA) is 0 Å². The van der Waals surface area contributed by atoms with Crippen molar-refractivity contribution >= 4 is 42.7 Å². The van der Waals surface area contributed by atoms with Gasteiger partial charge >= 0.3 is 20.4 Å². The van der Waals surface area contributed by atoms with E-state index in [-0.39, 0.29) is 42.7 Å². The summed E-state index contributed by atoms with van der Waals surface area (Å²) in [6.45, 7) is 4.63. The van der Waals surface area contributed by atoms with E-state index >= 15 is 0 Å². The van der Waals surface area contributed by atoms with Crippen LogP contribution in [0.25, 0.3) is 0 Å². The third-order valence-corrected chi connectivity index (χ3v) is 4.18. The van der Waals surface area contributed by atoms with Crippen molar-refractivity contribution in [1.29, 1.82) is 0 Å². The van der Waals surface area contributed by atoms with Gasteiger partial charge in [0.15, 0.2) is 0 Å². The molecule has 1 rings (SSSR count). The van der Waals surface area contributed by atoms with Crippen molar-refractivity contribution in [2.24, 2.45) is 5.92 Å². The Morgan fingerprint density at radius 2 is 1.73 bits per heavy atom. The lowest BCUT2D eigenvalue weighted by molar-refractivity contribution is 0.623. The fourth-order valence-corrected chi connectivity index (χ4v) is 3.62. The molecule has 0 aromatic heterocycles. The molecule has 0 saturated carbocycles. The molecule has 3 heteroatoms. The Morgan fingerprint density at radius 1 is 1.13 bits per heavy atom. The van der Waals surface area contributed by atoms with Gasteiger partial charge in [0.1, 0.15) is 0 Å². The lowest BCUT2D eigenvalue weighted by atomic mass is 10.2. The maximum absolute atomic E-state index is 2.32. The molecule has 0 heterocycles. The molecule has 1 atom stereocenters. The number of hydrogen-bond acceptors (Lipinski definition) is 0. The standard InChI is InChI=1S/C7H7.C5H11.ClH.Mg.H3P/c1-7-5-3-2-4-6-7;1-4-5(2)3;;;/h2-6H,1H2;5H,1,4H2,2-3H3;1H;;1H3. The molecule has 0 N–H and O–H groups in total. The fourth-order valence-electron chi connectivity index (χ4n) is 1.53. The number of benzene rings is 1. The van der Waals surface area contributed by atoms with E-state index in [0.717, 1.165) is 5.92 Å². The van der Waals surface area contributed by atoms with E-state index in [4.69, 9.17) is 0 Å². The maximum atomic E-state index is 2.32. The second kappa shape index (κ2) is 11.2. The van der Waals surface area contributed by atoms with Crippen LogP contribution in [0.1, 0.15) is 25.8 Å². The summed E-state index contributed by atoms with van der Waals surface area (Å²) in [6, 6.07) is 10.9. The van der Waals surface area contributed by atoms with E-state index in [1.165, 1.54) is 21.1 Å². The first-order chi connectivity index (χ1) is 6.29. The van der Waals surface area contributed by atoms with Crippen LogP contribution in [0.5, 0.6) is 0 Å². The summed E-state index contributed by atoms with van der Waals surface area (Å²) in [5, 5.41) is 0. The Labute approximate surface area is 113 Å². The zero-order valence-electron chi connectivity index (χ0n) is 9.91. The molecule has 0 aliphatic rings. The lowest BCUT2D eigenvalue weighted by Gasteiger charge is -2.02. The Bertz CT molecular complexity index is 226. The first-order valence-electron chi connectivity index (χ1n) is 5.33. The molecule has 0 radical (unpaired) electrons. The average Bonchev–Trinajstić information content (AvgIpc) is 2.14. The van der Waals surface area contributed by atoms with Gasteiger partial charge in [0.2, 0.25) is 0 Å². The van der Waals surface area contributed by atoms with Crippen LogP contribution in [0.2, 0.25) is 4.55 Å². The molecule has 1 aromatic rings. The molecular weight excluding hydrogens is 235 g/mol. The molecule has 15 heavy (non-hydrogen) atoms. The second-order valence-electron chi connectivity index (χ2n) is 4.13. The highest BCUT2D eigenvalue weighted by molar-refractivity contribution is 6.92. The van der Waals surface area contributed by atoms with Crippen molar-refractivity contribution < 1.29 is 0 Å².